The van der Waals surface area contributed by atoms with E-state index >= 15 is 0 Å². The van der Waals surface area contributed by atoms with E-state index in [9.17, 15) is 9.59 Å². The van der Waals surface area contributed by atoms with Crippen LogP contribution in [0, 0.1) is 0 Å². The second-order valence-electron chi connectivity index (χ2n) is 4.06. The average molecular weight is 359 g/mol. The van der Waals surface area contributed by atoms with E-state index in [1.54, 1.807) is 23.3 Å². The molecular formula is C11H11BrN4O3S. The van der Waals surface area contributed by atoms with Gasteiger partial charge in [0.1, 0.15) is 6.54 Å². The van der Waals surface area contributed by atoms with Crippen molar-refractivity contribution in [2.24, 2.45) is 0 Å². The first-order chi connectivity index (χ1) is 9.45. The molecule has 0 saturated carbocycles. The predicted octanol–water partition coefficient (Wildman–Crippen LogP) is 1.46. The van der Waals surface area contributed by atoms with Gasteiger partial charge >= 0.3 is 5.97 Å². The summed E-state index contributed by atoms with van der Waals surface area (Å²) in [6.07, 6.45) is 1.23. The lowest BCUT2D eigenvalue weighted by molar-refractivity contribution is -0.131. The fourth-order valence-electron chi connectivity index (χ4n) is 1.49. The summed E-state index contributed by atoms with van der Waals surface area (Å²) in [6.45, 7) is 0.457. The van der Waals surface area contributed by atoms with E-state index in [1.807, 2.05) is 12.1 Å². The lowest BCUT2D eigenvalue weighted by Crippen LogP contribution is -2.29. The highest BCUT2D eigenvalue weighted by Crippen LogP contribution is 2.22. The van der Waals surface area contributed by atoms with Gasteiger partial charge in [-0.1, -0.05) is 5.21 Å². The van der Waals surface area contributed by atoms with Gasteiger partial charge < -0.3 is 10.0 Å². The summed E-state index contributed by atoms with van der Waals surface area (Å²) in [7, 11) is 1.69. The summed E-state index contributed by atoms with van der Waals surface area (Å²) in [5, 5.41) is 15.8. The summed E-state index contributed by atoms with van der Waals surface area (Å²) < 4.78 is 2.22. The van der Waals surface area contributed by atoms with Crippen LogP contribution in [0.1, 0.15) is 15.4 Å². The number of carbonyl (C=O) groups excluding carboxylic acids is 1. The van der Waals surface area contributed by atoms with Crippen molar-refractivity contribution in [2.45, 2.75) is 13.1 Å². The summed E-state index contributed by atoms with van der Waals surface area (Å²) in [4.78, 5) is 25.3. The molecule has 106 valence electrons. The smallest absolute Gasteiger partial charge is 0.358 e. The number of nitrogens with zero attached hydrogens (tertiary/aromatic N) is 4. The van der Waals surface area contributed by atoms with Crippen molar-refractivity contribution in [3.05, 3.63) is 32.7 Å². The first-order valence-electron chi connectivity index (χ1n) is 5.57. The zero-order chi connectivity index (χ0) is 14.7. The van der Waals surface area contributed by atoms with Gasteiger partial charge in [0.2, 0.25) is 5.91 Å². The molecule has 0 spiro atoms. The summed E-state index contributed by atoms with van der Waals surface area (Å²) in [5.74, 6) is -1.34. The van der Waals surface area contributed by atoms with Gasteiger partial charge in [-0.3, -0.25) is 4.79 Å². The first kappa shape index (κ1) is 14.7. The molecule has 9 heteroatoms. The number of aromatic carboxylic acids is 1. The normalized spacial score (nSPS) is 10.5. The average Bonchev–Trinajstić information content (AvgIpc) is 2.98. The molecular weight excluding hydrogens is 348 g/mol. The van der Waals surface area contributed by atoms with E-state index in [0.29, 0.717) is 6.54 Å². The Labute approximate surface area is 126 Å². The van der Waals surface area contributed by atoms with Gasteiger partial charge in [0.25, 0.3) is 0 Å². The lowest BCUT2D eigenvalue weighted by Gasteiger charge is -2.15. The third-order valence-electron chi connectivity index (χ3n) is 2.50. The molecule has 1 amide bonds. The fraction of sp³-hybridized carbons (Fsp3) is 0.273. The molecule has 0 unspecified atom stereocenters. The molecule has 0 atom stereocenters. The fourth-order valence-corrected chi connectivity index (χ4v) is 3.03. The van der Waals surface area contributed by atoms with Gasteiger partial charge in [0, 0.05) is 11.9 Å². The summed E-state index contributed by atoms with van der Waals surface area (Å²) in [6, 6.07) is 3.87. The van der Waals surface area contributed by atoms with Crippen molar-refractivity contribution in [2.75, 3.05) is 7.05 Å². The van der Waals surface area contributed by atoms with Crippen LogP contribution in [0.25, 0.3) is 0 Å². The van der Waals surface area contributed by atoms with Crippen LogP contribution in [0.15, 0.2) is 22.1 Å². The Morgan fingerprint density at radius 1 is 1.50 bits per heavy atom. The Morgan fingerprint density at radius 2 is 2.25 bits per heavy atom. The highest BCUT2D eigenvalue weighted by molar-refractivity contribution is 9.11. The number of amides is 1. The van der Waals surface area contributed by atoms with E-state index in [1.165, 1.54) is 10.9 Å². The van der Waals surface area contributed by atoms with Crippen molar-refractivity contribution in [1.82, 2.24) is 19.9 Å². The van der Waals surface area contributed by atoms with Crippen LogP contribution in [0.5, 0.6) is 0 Å². The standard InChI is InChI=1S/C11H11BrN4O3S/c1-15(4-7-2-3-9(12)20-7)10(17)6-16-5-8(11(18)19)13-14-16/h2-3,5H,4,6H2,1H3,(H,18,19). The third kappa shape index (κ3) is 3.64. The van der Waals surface area contributed by atoms with Crippen molar-refractivity contribution in [1.29, 1.82) is 0 Å². The molecule has 2 heterocycles. The number of carboxylic acid groups (broad SMARTS) is 1. The summed E-state index contributed by atoms with van der Waals surface area (Å²) >= 11 is 4.92. The molecule has 0 radical (unpaired) electrons. The molecule has 0 aliphatic rings. The number of carbonyl (C=O) groups is 2. The van der Waals surface area contributed by atoms with Crippen molar-refractivity contribution in [3.63, 3.8) is 0 Å². The lowest BCUT2D eigenvalue weighted by atomic mass is 10.4. The van der Waals surface area contributed by atoms with Gasteiger partial charge in [-0.15, -0.1) is 16.4 Å². The minimum Gasteiger partial charge on any atom is -0.476 e. The largest absolute Gasteiger partial charge is 0.476 e. The number of aromatic nitrogens is 3. The topological polar surface area (TPSA) is 88.3 Å². The minimum absolute atomic E-state index is 0.0384. The highest BCUT2D eigenvalue weighted by atomic mass is 79.9. The van der Waals surface area contributed by atoms with Crippen LogP contribution in [0.4, 0.5) is 0 Å². The SMILES string of the molecule is CN(Cc1ccc(Br)s1)C(=O)Cn1cc(C(=O)O)nn1. The number of hydrogen-bond acceptors (Lipinski definition) is 5. The molecule has 0 aliphatic carbocycles. The van der Waals surface area contributed by atoms with Crippen LogP contribution in [0.3, 0.4) is 0 Å². The maximum Gasteiger partial charge on any atom is 0.358 e. The number of thiophene rings is 1. The summed E-state index contributed by atoms with van der Waals surface area (Å²) in [5.41, 5.74) is -0.178. The second kappa shape index (κ2) is 6.14. The van der Waals surface area contributed by atoms with Crippen molar-refractivity contribution in [3.8, 4) is 0 Å². The van der Waals surface area contributed by atoms with E-state index < -0.39 is 5.97 Å². The van der Waals surface area contributed by atoms with Crippen LogP contribution >= 0.6 is 27.3 Å². The van der Waals surface area contributed by atoms with E-state index in [2.05, 4.69) is 26.2 Å². The Balaban J connectivity index is 1.94. The highest BCUT2D eigenvalue weighted by Gasteiger charge is 2.14. The van der Waals surface area contributed by atoms with Crippen LogP contribution in [0.2, 0.25) is 0 Å². The number of likely N-dealkylation sites (N-methyl/N-ethyl adjacent to an activating group) is 1. The molecule has 0 bridgehead atoms. The molecule has 0 fully saturated rings. The predicted molar refractivity (Wildman–Crippen MR) is 75.5 cm³/mol. The van der Waals surface area contributed by atoms with Crippen molar-refractivity contribution >= 4 is 39.1 Å². The van der Waals surface area contributed by atoms with Gasteiger partial charge in [0.05, 0.1) is 16.5 Å². The monoisotopic (exact) mass is 358 g/mol. The molecule has 2 aromatic heterocycles. The Bertz CT molecular complexity index is 639. The molecule has 0 aliphatic heterocycles. The maximum atomic E-state index is 12.0. The van der Waals surface area contributed by atoms with Gasteiger partial charge in [0.15, 0.2) is 5.69 Å². The van der Waals surface area contributed by atoms with Crippen LogP contribution < -0.4 is 0 Å². The minimum atomic E-state index is -1.17. The zero-order valence-corrected chi connectivity index (χ0v) is 12.9. The van der Waals surface area contributed by atoms with E-state index in [0.717, 1.165) is 8.66 Å². The molecule has 7 nitrogen and oxygen atoms in total. The van der Waals surface area contributed by atoms with Gasteiger partial charge in [-0.2, -0.15) is 0 Å². The molecule has 0 aromatic carbocycles. The van der Waals surface area contributed by atoms with Gasteiger partial charge in [-0.25, -0.2) is 9.48 Å². The Kier molecular flexibility index (Phi) is 4.50. The quantitative estimate of drug-likeness (QED) is 0.873. The number of rotatable bonds is 5. The Morgan fingerprint density at radius 3 is 2.80 bits per heavy atom. The molecule has 2 aromatic rings. The van der Waals surface area contributed by atoms with E-state index in [4.69, 9.17) is 5.11 Å². The Hall–Kier alpha value is -1.74. The van der Waals surface area contributed by atoms with Crippen LogP contribution in [-0.2, 0) is 17.9 Å². The van der Waals surface area contributed by atoms with E-state index in [-0.39, 0.29) is 18.1 Å². The third-order valence-corrected chi connectivity index (χ3v) is 4.11. The molecule has 20 heavy (non-hydrogen) atoms. The van der Waals surface area contributed by atoms with Gasteiger partial charge in [-0.05, 0) is 28.1 Å². The molecule has 2 rings (SSSR count). The maximum absolute atomic E-state index is 12.0. The number of carboxylic acids is 1. The second-order valence-corrected chi connectivity index (χ2v) is 6.61. The number of halogens is 1. The molecule has 0 saturated heterocycles. The van der Waals surface area contributed by atoms with Crippen LogP contribution in [-0.4, -0.2) is 43.9 Å². The number of hydrogen-bond donors (Lipinski definition) is 1. The first-order valence-corrected chi connectivity index (χ1v) is 7.18. The molecule has 1 N–H and O–H groups in total. The van der Waals surface area contributed by atoms with Crippen molar-refractivity contribution < 1.29 is 14.7 Å². The zero-order valence-electron chi connectivity index (χ0n) is 10.5.